The summed E-state index contributed by atoms with van der Waals surface area (Å²) in [6.45, 7) is 0. The smallest absolute Gasteiger partial charge is 0.336 e. The first-order valence-corrected chi connectivity index (χ1v) is 8.31. The van der Waals surface area contributed by atoms with Gasteiger partial charge >= 0.3 is 5.97 Å². The summed E-state index contributed by atoms with van der Waals surface area (Å²) >= 11 is 0. The monoisotopic (exact) mass is 362 g/mol. The Morgan fingerprint density at radius 3 is 2.15 bits per heavy atom. The van der Waals surface area contributed by atoms with Crippen LogP contribution in [-0.4, -0.2) is 29.1 Å². The molecule has 27 heavy (non-hydrogen) atoms. The number of carbonyl (C=O) groups excluding carboxylic acids is 1. The van der Waals surface area contributed by atoms with Gasteiger partial charge in [-0.15, -0.1) is 0 Å². The number of aliphatic hydroxyl groups is 1. The van der Waals surface area contributed by atoms with E-state index in [0.717, 1.165) is 0 Å². The quantitative estimate of drug-likeness (QED) is 0.648. The molecule has 5 heteroatoms. The van der Waals surface area contributed by atoms with Gasteiger partial charge in [-0.3, -0.25) is 4.79 Å². The highest BCUT2D eigenvalue weighted by Gasteiger charge is 2.26. The zero-order valence-corrected chi connectivity index (χ0v) is 14.6. The van der Waals surface area contributed by atoms with Crippen LogP contribution in [0.4, 0.5) is 0 Å². The average molecular weight is 362 g/mol. The summed E-state index contributed by atoms with van der Waals surface area (Å²) < 4.78 is 5.38. The number of ketones is 1. The first-order chi connectivity index (χ1) is 13.0. The molecule has 1 atom stereocenters. The molecular formula is C22H18O5. The maximum Gasteiger partial charge on any atom is 0.336 e. The zero-order chi connectivity index (χ0) is 19.4. The van der Waals surface area contributed by atoms with E-state index in [4.69, 9.17) is 4.74 Å². The third kappa shape index (κ3) is 3.59. The number of benzene rings is 3. The van der Waals surface area contributed by atoms with E-state index >= 15 is 0 Å². The third-order valence-electron chi connectivity index (χ3n) is 4.30. The molecular weight excluding hydrogens is 344 g/mol. The number of hydrogen-bond donors (Lipinski definition) is 2. The molecule has 0 amide bonds. The van der Waals surface area contributed by atoms with E-state index in [9.17, 15) is 19.8 Å². The Bertz CT molecular complexity index is 979. The van der Waals surface area contributed by atoms with Crippen molar-refractivity contribution in [3.63, 3.8) is 0 Å². The normalized spacial score (nSPS) is 11.6. The van der Waals surface area contributed by atoms with Gasteiger partial charge in [0.1, 0.15) is 11.9 Å². The van der Waals surface area contributed by atoms with E-state index in [-0.39, 0.29) is 11.1 Å². The second kappa shape index (κ2) is 7.85. The fraction of sp³-hybridized carbons (Fsp3) is 0.0909. The van der Waals surface area contributed by atoms with Gasteiger partial charge in [0.2, 0.25) is 0 Å². The number of carboxylic acids is 1. The molecule has 0 aliphatic rings. The minimum atomic E-state index is -1.37. The molecule has 0 saturated heterocycles. The number of methoxy groups -OCH3 is 1. The lowest BCUT2D eigenvalue weighted by molar-refractivity contribution is 0.0696. The van der Waals surface area contributed by atoms with Gasteiger partial charge in [0.15, 0.2) is 5.78 Å². The van der Waals surface area contributed by atoms with Crippen molar-refractivity contribution in [1.29, 1.82) is 0 Å². The second-order valence-corrected chi connectivity index (χ2v) is 5.91. The molecule has 0 aliphatic heterocycles. The molecule has 0 spiro atoms. The fourth-order valence-electron chi connectivity index (χ4n) is 3.01. The van der Waals surface area contributed by atoms with Gasteiger partial charge < -0.3 is 14.9 Å². The highest BCUT2D eigenvalue weighted by molar-refractivity contribution is 6.08. The highest BCUT2D eigenvalue weighted by atomic mass is 16.5. The Morgan fingerprint density at radius 1 is 0.852 bits per heavy atom. The minimum Gasteiger partial charge on any atom is -0.496 e. The zero-order valence-electron chi connectivity index (χ0n) is 14.6. The molecule has 0 saturated carbocycles. The lowest BCUT2D eigenvalue weighted by Gasteiger charge is -2.17. The summed E-state index contributed by atoms with van der Waals surface area (Å²) in [5.41, 5.74) is 1.40. The molecule has 2 N–H and O–H groups in total. The standard InChI is InChI=1S/C22H18O5/c1-27-18-13-7-12-17(21(24)20(23)14-8-3-2-4-9-14)19(18)15-10-5-6-11-16(15)22(25)26/h2-13,20,23H,1H3,(H,25,26). The second-order valence-electron chi connectivity index (χ2n) is 5.91. The van der Waals surface area contributed by atoms with Crippen molar-refractivity contribution in [2.24, 2.45) is 0 Å². The SMILES string of the molecule is COc1cccc(C(=O)C(O)c2ccccc2)c1-c1ccccc1C(=O)O. The van der Waals surface area contributed by atoms with Gasteiger partial charge in [-0.25, -0.2) is 4.79 Å². The van der Waals surface area contributed by atoms with Crippen LogP contribution in [0.3, 0.4) is 0 Å². The van der Waals surface area contributed by atoms with Gasteiger partial charge in [0.25, 0.3) is 0 Å². The topological polar surface area (TPSA) is 83.8 Å². The van der Waals surface area contributed by atoms with Crippen molar-refractivity contribution in [2.45, 2.75) is 6.10 Å². The number of aliphatic hydroxyl groups excluding tert-OH is 1. The Morgan fingerprint density at radius 2 is 1.48 bits per heavy atom. The fourth-order valence-corrected chi connectivity index (χ4v) is 3.01. The van der Waals surface area contributed by atoms with Crippen LogP contribution in [-0.2, 0) is 0 Å². The van der Waals surface area contributed by atoms with Crippen molar-refractivity contribution in [2.75, 3.05) is 7.11 Å². The largest absolute Gasteiger partial charge is 0.496 e. The summed E-state index contributed by atoms with van der Waals surface area (Å²) in [5.74, 6) is -1.29. The van der Waals surface area contributed by atoms with Gasteiger partial charge in [-0.05, 0) is 17.7 Å². The van der Waals surface area contributed by atoms with E-state index in [1.54, 1.807) is 66.7 Å². The summed E-state index contributed by atoms with van der Waals surface area (Å²) in [6, 6.07) is 19.8. The van der Waals surface area contributed by atoms with Crippen LogP contribution in [0.2, 0.25) is 0 Å². The predicted octanol–water partition coefficient (Wildman–Crippen LogP) is 3.98. The molecule has 136 valence electrons. The van der Waals surface area contributed by atoms with E-state index in [0.29, 0.717) is 22.4 Å². The molecule has 0 aliphatic carbocycles. The van der Waals surface area contributed by atoms with Crippen LogP contribution in [0.5, 0.6) is 5.75 Å². The summed E-state index contributed by atoms with van der Waals surface area (Å²) in [4.78, 5) is 24.7. The van der Waals surface area contributed by atoms with Gasteiger partial charge in [0.05, 0.1) is 12.7 Å². The molecule has 3 rings (SSSR count). The summed E-state index contributed by atoms with van der Waals surface area (Å²) in [6.07, 6.45) is -1.37. The average Bonchev–Trinajstić information content (AvgIpc) is 2.72. The molecule has 0 bridgehead atoms. The minimum absolute atomic E-state index is 0.0465. The van der Waals surface area contributed by atoms with Gasteiger partial charge in [0, 0.05) is 16.7 Å². The number of rotatable bonds is 6. The number of hydrogen-bond acceptors (Lipinski definition) is 4. The van der Waals surface area contributed by atoms with Crippen molar-refractivity contribution >= 4 is 11.8 Å². The van der Waals surface area contributed by atoms with Gasteiger partial charge in [-0.1, -0.05) is 60.7 Å². The van der Waals surface area contributed by atoms with Crippen molar-refractivity contribution in [1.82, 2.24) is 0 Å². The molecule has 3 aromatic rings. The maximum atomic E-state index is 13.0. The first-order valence-electron chi connectivity index (χ1n) is 8.31. The Hall–Kier alpha value is -3.44. The van der Waals surface area contributed by atoms with Crippen molar-refractivity contribution < 1.29 is 24.5 Å². The van der Waals surface area contributed by atoms with Crippen molar-refractivity contribution in [3.05, 3.63) is 89.5 Å². The molecule has 0 fully saturated rings. The highest BCUT2D eigenvalue weighted by Crippen LogP contribution is 2.37. The van der Waals surface area contributed by atoms with Crippen LogP contribution >= 0.6 is 0 Å². The number of Topliss-reactive ketones (excluding diaryl/α,β-unsaturated/α-hetero) is 1. The van der Waals surface area contributed by atoms with E-state index in [1.165, 1.54) is 13.2 Å². The molecule has 0 heterocycles. The molecule has 1 unspecified atom stereocenters. The molecule has 0 radical (unpaired) electrons. The Kier molecular flexibility index (Phi) is 5.33. The molecule has 0 aromatic heterocycles. The predicted molar refractivity (Wildman–Crippen MR) is 101 cm³/mol. The van der Waals surface area contributed by atoms with Crippen molar-refractivity contribution in [3.8, 4) is 16.9 Å². The van der Waals surface area contributed by atoms with Gasteiger partial charge in [-0.2, -0.15) is 0 Å². The summed E-state index contributed by atoms with van der Waals surface area (Å²) in [5, 5.41) is 20.1. The maximum absolute atomic E-state index is 13.0. The Balaban J connectivity index is 2.19. The number of ether oxygens (including phenoxy) is 1. The third-order valence-corrected chi connectivity index (χ3v) is 4.30. The lowest BCUT2D eigenvalue weighted by Crippen LogP contribution is -2.14. The van der Waals surface area contributed by atoms with Crippen LogP contribution in [0, 0.1) is 0 Å². The van der Waals surface area contributed by atoms with Crippen LogP contribution < -0.4 is 4.74 Å². The van der Waals surface area contributed by atoms with E-state index in [1.807, 2.05) is 0 Å². The van der Waals surface area contributed by atoms with Crippen LogP contribution in [0.25, 0.3) is 11.1 Å². The number of carbonyl (C=O) groups is 2. The molecule has 5 nitrogen and oxygen atoms in total. The van der Waals surface area contributed by atoms with E-state index < -0.39 is 17.9 Å². The molecule has 3 aromatic carbocycles. The van der Waals surface area contributed by atoms with Crippen LogP contribution in [0.15, 0.2) is 72.8 Å². The first kappa shape index (κ1) is 18.4. The summed E-state index contributed by atoms with van der Waals surface area (Å²) in [7, 11) is 1.45. The Labute approximate surface area is 156 Å². The lowest BCUT2D eigenvalue weighted by atomic mass is 9.90. The number of aromatic carboxylic acids is 1. The number of carboxylic acid groups (broad SMARTS) is 1. The van der Waals surface area contributed by atoms with E-state index in [2.05, 4.69) is 0 Å². The van der Waals surface area contributed by atoms with Crippen LogP contribution in [0.1, 0.15) is 32.4 Å².